The van der Waals surface area contributed by atoms with Crippen LogP contribution in [0.4, 0.5) is 0 Å². The highest BCUT2D eigenvalue weighted by Crippen LogP contribution is 2.52. The van der Waals surface area contributed by atoms with Crippen molar-refractivity contribution in [3.05, 3.63) is 0 Å². The maximum absolute atomic E-state index is 11.4. The molecule has 2 fully saturated rings. The number of nitrogens with zero attached hydrogens (tertiary/aromatic N) is 1. The van der Waals surface area contributed by atoms with E-state index in [1.54, 1.807) is 0 Å². The molecule has 0 aromatic rings. The Bertz CT molecular complexity index is 318. The summed E-state index contributed by atoms with van der Waals surface area (Å²) in [6.45, 7) is 3.29. The zero-order valence-electron chi connectivity index (χ0n) is 12.7. The highest BCUT2D eigenvalue weighted by Gasteiger charge is 2.50. The molecule has 0 aromatic heterocycles. The summed E-state index contributed by atoms with van der Waals surface area (Å²) in [7, 11) is 5.78. The molecular formula is C15H28N2O2. The van der Waals surface area contributed by atoms with Gasteiger partial charge in [-0.2, -0.15) is 0 Å². The molecule has 110 valence electrons. The summed E-state index contributed by atoms with van der Waals surface area (Å²) < 4.78 is 4.79. The second kappa shape index (κ2) is 5.80. The molecule has 2 unspecified atom stereocenters. The molecule has 0 bridgehead atoms. The Labute approximate surface area is 116 Å². The first-order valence-electron chi connectivity index (χ1n) is 7.51. The first-order valence-corrected chi connectivity index (χ1v) is 7.51. The Morgan fingerprint density at radius 3 is 2.37 bits per heavy atom. The van der Waals surface area contributed by atoms with E-state index in [0.717, 1.165) is 18.4 Å². The van der Waals surface area contributed by atoms with Crippen LogP contribution in [0.1, 0.15) is 39.0 Å². The molecule has 4 heteroatoms. The summed E-state index contributed by atoms with van der Waals surface area (Å²) in [5.74, 6) is 2.05. The summed E-state index contributed by atoms with van der Waals surface area (Å²) in [5, 5.41) is 3.56. The molecule has 0 radical (unpaired) electrons. The molecule has 2 atom stereocenters. The Morgan fingerprint density at radius 1 is 1.37 bits per heavy atom. The normalized spacial score (nSPS) is 37.6. The number of rotatable bonds is 5. The van der Waals surface area contributed by atoms with Gasteiger partial charge < -0.3 is 10.1 Å². The Hall–Kier alpha value is -0.610. The lowest BCUT2D eigenvalue weighted by molar-refractivity contribution is -0.141. The van der Waals surface area contributed by atoms with Crippen LogP contribution in [0.2, 0.25) is 0 Å². The van der Waals surface area contributed by atoms with Gasteiger partial charge in [-0.3, -0.25) is 9.69 Å². The lowest BCUT2D eigenvalue weighted by atomic mass is 9.95. The number of nitrogens with one attached hydrogen (secondary N) is 1. The lowest BCUT2D eigenvalue weighted by Gasteiger charge is -2.39. The fourth-order valence-corrected chi connectivity index (χ4v) is 4.28. The number of carbonyl (C=O) groups is 1. The zero-order valence-corrected chi connectivity index (χ0v) is 12.7. The summed E-state index contributed by atoms with van der Waals surface area (Å²) >= 11 is 0. The summed E-state index contributed by atoms with van der Waals surface area (Å²) in [6, 6.07) is 0. The Morgan fingerprint density at radius 2 is 1.95 bits per heavy atom. The van der Waals surface area contributed by atoms with Crippen molar-refractivity contribution in [2.45, 2.75) is 44.7 Å². The molecule has 0 saturated heterocycles. The van der Waals surface area contributed by atoms with Gasteiger partial charge >= 0.3 is 5.97 Å². The van der Waals surface area contributed by atoms with Gasteiger partial charge in [0.25, 0.3) is 0 Å². The van der Waals surface area contributed by atoms with Crippen molar-refractivity contribution in [2.75, 3.05) is 27.7 Å². The van der Waals surface area contributed by atoms with Crippen molar-refractivity contribution in [3.8, 4) is 0 Å². The Balaban J connectivity index is 1.94. The minimum Gasteiger partial charge on any atom is -0.469 e. The third-order valence-electron chi connectivity index (χ3n) is 5.49. The molecule has 4 nitrogen and oxygen atoms in total. The number of esters is 1. The molecule has 0 aliphatic heterocycles. The molecule has 19 heavy (non-hydrogen) atoms. The third kappa shape index (κ3) is 2.79. The minimum absolute atomic E-state index is 0.0458. The van der Waals surface area contributed by atoms with Gasteiger partial charge in [0.1, 0.15) is 0 Å². The molecule has 1 N–H and O–H groups in total. The fourth-order valence-electron chi connectivity index (χ4n) is 4.28. The van der Waals surface area contributed by atoms with Crippen LogP contribution in [0.5, 0.6) is 0 Å². The second-order valence-electron chi connectivity index (χ2n) is 6.34. The number of carbonyl (C=O) groups excluding carboxylic acids is 1. The summed E-state index contributed by atoms with van der Waals surface area (Å²) in [6.07, 6.45) is 5.44. The summed E-state index contributed by atoms with van der Waals surface area (Å²) in [4.78, 5) is 13.8. The van der Waals surface area contributed by atoms with Gasteiger partial charge in [0.05, 0.1) is 12.8 Å². The van der Waals surface area contributed by atoms with E-state index in [-0.39, 0.29) is 11.6 Å². The Kier molecular flexibility index (Phi) is 4.51. The molecule has 2 rings (SSSR count). The topological polar surface area (TPSA) is 41.6 Å². The summed E-state index contributed by atoms with van der Waals surface area (Å²) in [5.41, 5.74) is 0.181. The van der Waals surface area contributed by atoms with Gasteiger partial charge in [-0.05, 0) is 64.1 Å². The SMILES string of the molecule is CCN(C)C1(NC)CC2CC(CC(=O)OC)CC2C1. The number of methoxy groups -OCH3 is 1. The highest BCUT2D eigenvalue weighted by atomic mass is 16.5. The number of hydrogen-bond acceptors (Lipinski definition) is 4. The van der Waals surface area contributed by atoms with E-state index in [2.05, 4.69) is 31.2 Å². The van der Waals surface area contributed by atoms with Crippen molar-refractivity contribution >= 4 is 5.97 Å². The van der Waals surface area contributed by atoms with Gasteiger partial charge in [-0.1, -0.05) is 6.92 Å². The van der Waals surface area contributed by atoms with Crippen molar-refractivity contribution in [3.63, 3.8) is 0 Å². The number of fused-ring (bicyclic) bond motifs is 1. The van der Waals surface area contributed by atoms with Gasteiger partial charge in [-0.15, -0.1) is 0 Å². The van der Waals surface area contributed by atoms with Crippen molar-refractivity contribution in [1.82, 2.24) is 10.2 Å². The standard InChI is InChI=1S/C15H28N2O2/c1-5-17(3)15(16-2)9-12-6-11(7-13(12)10-15)8-14(18)19-4/h11-13,16H,5-10H2,1-4H3. The van der Waals surface area contributed by atoms with E-state index in [9.17, 15) is 4.79 Å². The van der Waals surface area contributed by atoms with Crippen LogP contribution in [0.3, 0.4) is 0 Å². The van der Waals surface area contributed by atoms with E-state index in [1.165, 1.54) is 32.8 Å². The van der Waals surface area contributed by atoms with Crippen LogP contribution in [0.25, 0.3) is 0 Å². The van der Waals surface area contributed by atoms with Gasteiger partial charge in [0, 0.05) is 6.42 Å². The highest BCUT2D eigenvalue weighted by molar-refractivity contribution is 5.69. The van der Waals surface area contributed by atoms with Gasteiger partial charge in [0.15, 0.2) is 0 Å². The maximum atomic E-state index is 11.4. The monoisotopic (exact) mass is 268 g/mol. The fraction of sp³-hybridized carbons (Fsp3) is 0.933. The molecule has 0 amide bonds. The first-order chi connectivity index (χ1) is 9.04. The average Bonchev–Trinajstić information content (AvgIpc) is 2.93. The van der Waals surface area contributed by atoms with Gasteiger partial charge in [0.2, 0.25) is 0 Å². The molecule has 2 aliphatic carbocycles. The smallest absolute Gasteiger partial charge is 0.305 e. The molecule has 0 heterocycles. The molecule has 2 saturated carbocycles. The van der Waals surface area contributed by atoms with Crippen LogP contribution in [0, 0.1) is 17.8 Å². The predicted octanol–water partition coefficient (Wildman–Crippen LogP) is 1.85. The van der Waals surface area contributed by atoms with Crippen LogP contribution >= 0.6 is 0 Å². The van der Waals surface area contributed by atoms with Crippen LogP contribution in [-0.4, -0.2) is 44.3 Å². The number of ether oxygens (including phenoxy) is 1. The molecule has 2 aliphatic rings. The zero-order chi connectivity index (χ0) is 14.0. The molecule has 0 spiro atoms. The van der Waals surface area contributed by atoms with Crippen molar-refractivity contribution in [1.29, 1.82) is 0 Å². The molecular weight excluding hydrogens is 240 g/mol. The lowest BCUT2D eigenvalue weighted by Crippen LogP contribution is -2.54. The van der Waals surface area contributed by atoms with E-state index >= 15 is 0 Å². The van der Waals surface area contributed by atoms with E-state index in [1.807, 2.05) is 0 Å². The van der Waals surface area contributed by atoms with Gasteiger partial charge in [-0.25, -0.2) is 0 Å². The van der Waals surface area contributed by atoms with Crippen molar-refractivity contribution in [2.24, 2.45) is 17.8 Å². The second-order valence-corrected chi connectivity index (χ2v) is 6.34. The number of hydrogen-bond donors (Lipinski definition) is 1. The average molecular weight is 268 g/mol. The maximum Gasteiger partial charge on any atom is 0.305 e. The van der Waals surface area contributed by atoms with E-state index < -0.39 is 0 Å². The van der Waals surface area contributed by atoms with E-state index in [4.69, 9.17) is 4.74 Å². The third-order valence-corrected chi connectivity index (χ3v) is 5.49. The van der Waals surface area contributed by atoms with Crippen molar-refractivity contribution < 1.29 is 9.53 Å². The predicted molar refractivity (Wildman–Crippen MR) is 75.7 cm³/mol. The van der Waals surface area contributed by atoms with Crippen LogP contribution in [-0.2, 0) is 9.53 Å². The van der Waals surface area contributed by atoms with E-state index in [0.29, 0.717) is 12.3 Å². The quantitative estimate of drug-likeness (QED) is 0.610. The molecule has 0 aromatic carbocycles. The minimum atomic E-state index is -0.0458. The van der Waals surface area contributed by atoms with Crippen LogP contribution < -0.4 is 5.32 Å². The largest absolute Gasteiger partial charge is 0.469 e. The first kappa shape index (κ1) is 14.8. The van der Waals surface area contributed by atoms with Crippen LogP contribution in [0.15, 0.2) is 0 Å².